The first-order valence-corrected chi connectivity index (χ1v) is 14.3. The number of halogens is 1. The summed E-state index contributed by atoms with van der Waals surface area (Å²) in [5, 5.41) is 1.10. The molecule has 10 heteroatoms. The fourth-order valence-corrected chi connectivity index (χ4v) is 7.21. The van der Waals surface area contributed by atoms with Gasteiger partial charge in [0.15, 0.2) is 5.13 Å². The lowest BCUT2D eigenvalue weighted by Crippen LogP contribution is -2.44. The van der Waals surface area contributed by atoms with Crippen LogP contribution in [0.5, 0.6) is 0 Å². The molecular weight excluding hydrogens is 518 g/mol. The van der Waals surface area contributed by atoms with E-state index in [9.17, 15) is 13.2 Å². The van der Waals surface area contributed by atoms with Gasteiger partial charge in [-0.15, -0.1) is 0 Å². The van der Waals surface area contributed by atoms with Gasteiger partial charge in [-0.05, 0) is 80.3 Å². The number of amides is 1. The minimum Gasteiger partial charge on any atom is -0.467 e. The van der Waals surface area contributed by atoms with Gasteiger partial charge in [-0.2, -0.15) is 4.31 Å². The van der Waals surface area contributed by atoms with Gasteiger partial charge in [0, 0.05) is 24.0 Å². The minimum atomic E-state index is -3.64. The molecule has 5 rings (SSSR count). The number of carbonyl (C=O) groups excluding carboxylic acids is 1. The quantitative estimate of drug-likeness (QED) is 0.307. The molecule has 0 N–H and O–H groups in total. The molecule has 1 amide bonds. The lowest BCUT2D eigenvalue weighted by molar-refractivity contribution is -0.123. The Kier molecular flexibility index (Phi) is 6.91. The highest BCUT2D eigenvalue weighted by Crippen LogP contribution is 2.35. The molecule has 1 aliphatic rings. The summed E-state index contributed by atoms with van der Waals surface area (Å²) < 4.78 is 34.2. The van der Waals surface area contributed by atoms with Crippen LogP contribution in [-0.4, -0.2) is 36.7 Å². The number of thiazole rings is 1. The summed E-state index contributed by atoms with van der Waals surface area (Å²) >= 11 is 7.41. The number of benzene rings is 2. The van der Waals surface area contributed by atoms with Crippen LogP contribution >= 0.6 is 22.9 Å². The molecule has 1 saturated heterocycles. The van der Waals surface area contributed by atoms with Crippen LogP contribution in [0.2, 0.25) is 5.02 Å². The van der Waals surface area contributed by atoms with Crippen molar-refractivity contribution in [1.82, 2.24) is 9.29 Å². The number of hydrogen-bond acceptors (Lipinski definition) is 6. The minimum absolute atomic E-state index is 0.0663. The maximum atomic E-state index is 13.8. The number of furan rings is 1. The monoisotopic (exact) mass is 543 g/mol. The van der Waals surface area contributed by atoms with Gasteiger partial charge in [-0.25, -0.2) is 13.4 Å². The smallest absolute Gasteiger partial charge is 0.243 e. The number of nitrogens with zero attached hydrogens (tertiary/aromatic N) is 3. The first-order chi connectivity index (χ1) is 17.2. The van der Waals surface area contributed by atoms with Gasteiger partial charge < -0.3 is 4.42 Å². The molecule has 2 aromatic carbocycles. The number of fused-ring (bicyclic) bond motifs is 1. The Bertz CT molecular complexity index is 1490. The highest BCUT2D eigenvalue weighted by molar-refractivity contribution is 7.89. The SMILES string of the molecule is Cc1cc(C)c2sc(N(Cc3ccco3)C(=O)C3CCN(S(=O)(=O)c4ccc(Cl)cc4)CC3)nc2c1. The second-order valence-corrected chi connectivity index (χ2v) is 12.4. The summed E-state index contributed by atoms with van der Waals surface area (Å²) in [6.07, 6.45) is 2.45. The first-order valence-electron chi connectivity index (χ1n) is 11.7. The molecule has 36 heavy (non-hydrogen) atoms. The van der Waals surface area contributed by atoms with Gasteiger partial charge in [-0.3, -0.25) is 9.69 Å². The van der Waals surface area contributed by atoms with Crippen LogP contribution in [0.1, 0.15) is 29.7 Å². The summed E-state index contributed by atoms with van der Waals surface area (Å²) in [6.45, 7) is 4.89. The van der Waals surface area contributed by atoms with E-state index < -0.39 is 10.0 Å². The van der Waals surface area contributed by atoms with Crippen molar-refractivity contribution in [3.05, 3.63) is 76.7 Å². The predicted molar refractivity (Wildman–Crippen MR) is 142 cm³/mol. The van der Waals surface area contributed by atoms with Gasteiger partial charge in [-0.1, -0.05) is 29.0 Å². The van der Waals surface area contributed by atoms with Crippen LogP contribution in [0.25, 0.3) is 10.2 Å². The third-order valence-corrected chi connectivity index (χ3v) is 9.85. The third-order valence-electron chi connectivity index (χ3n) is 6.45. The molecule has 0 spiro atoms. The zero-order valence-corrected chi connectivity index (χ0v) is 22.4. The highest BCUT2D eigenvalue weighted by Gasteiger charge is 2.35. The Morgan fingerprint density at radius 3 is 2.56 bits per heavy atom. The maximum Gasteiger partial charge on any atom is 0.243 e. The summed E-state index contributed by atoms with van der Waals surface area (Å²) in [6, 6.07) is 13.9. The van der Waals surface area contributed by atoms with Crippen molar-refractivity contribution < 1.29 is 17.6 Å². The summed E-state index contributed by atoms with van der Waals surface area (Å²) in [5.74, 6) is 0.285. The summed E-state index contributed by atoms with van der Waals surface area (Å²) in [4.78, 5) is 20.5. The van der Waals surface area contributed by atoms with Gasteiger partial charge in [0.1, 0.15) is 5.76 Å². The number of hydrogen-bond donors (Lipinski definition) is 0. The van der Waals surface area contributed by atoms with Gasteiger partial charge >= 0.3 is 0 Å². The van der Waals surface area contributed by atoms with Crippen LogP contribution in [0.3, 0.4) is 0 Å². The number of rotatable bonds is 6. The fraction of sp³-hybridized carbons (Fsp3) is 0.308. The number of sulfonamides is 1. The van der Waals surface area contributed by atoms with Crippen LogP contribution in [-0.2, 0) is 21.4 Å². The molecule has 188 valence electrons. The molecule has 0 unspecified atom stereocenters. The van der Waals surface area contributed by atoms with E-state index in [0.717, 1.165) is 21.3 Å². The topological polar surface area (TPSA) is 83.7 Å². The Hall–Kier alpha value is -2.72. The molecule has 3 heterocycles. The van der Waals surface area contributed by atoms with E-state index in [4.69, 9.17) is 21.0 Å². The molecule has 1 fully saturated rings. The van der Waals surface area contributed by atoms with Crippen LogP contribution in [0.4, 0.5) is 5.13 Å². The predicted octanol–water partition coefficient (Wildman–Crippen LogP) is 5.79. The van der Waals surface area contributed by atoms with E-state index in [1.54, 1.807) is 29.4 Å². The van der Waals surface area contributed by atoms with Crippen molar-refractivity contribution in [2.75, 3.05) is 18.0 Å². The van der Waals surface area contributed by atoms with Crippen molar-refractivity contribution in [3.8, 4) is 0 Å². The van der Waals surface area contributed by atoms with Crippen molar-refractivity contribution in [3.63, 3.8) is 0 Å². The second kappa shape index (κ2) is 9.97. The highest BCUT2D eigenvalue weighted by atomic mass is 35.5. The number of aromatic nitrogens is 1. The van der Waals surface area contributed by atoms with Crippen molar-refractivity contribution in [2.45, 2.75) is 38.1 Å². The fourth-order valence-electron chi connectivity index (χ4n) is 4.60. The molecule has 0 aliphatic carbocycles. The van der Waals surface area contributed by atoms with E-state index in [1.807, 2.05) is 26.0 Å². The average molecular weight is 544 g/mol. The molecule has 2 aromatic heterocycles. The third kappa shape index (κ3) is 4.93. The normalized spacial score (nSPS) is 15.4. The van der Waals surface area contributed by atoms with Crippen molar-refractivity contribution in [2.24, 2.45) is 5.92 Å². The van der Waals surface area contributed by atoms with E-state index in [-0.39, 0.29) is 36.4 Å². The van der Waals surface area contributed by atoms with Crippen LogP contribution < -0.4 is 4.90 Å². The first kappa shape index (κ1) is 25.0. The second-order valence-electron chi connectivity index (χ2n) is 9.06. The van der Waals surface area contributed by atoms with Gasteiger partial charge in [0.25, 0.3) is 0 Å². The standard InChI is InChI=1S/C26H26ClN3O4S2/c1-17-14-18(2)24-23(15-17)28-26(35-24)30(16-21-4-3-13-34-21)25(31)19-9-11-29(12-10-19)36(32,33)22-7-5-20(27)6-8-22/h3-8,13-15,19H,9-12,16H2,1-2H3. The Morgan fingerprint density at radius 2 is 1.89 bits per heavy atom. The number of anilines is 1. The number of piperidine rings is 1. The summed E-state index contributed by atoms with van der Waals surface area (Å²) in [7, 11) is -3.64. The Labute approximate surface area is 219 Å². The maximum absolute atomic E-state index is 13.8. The van der Waals surface area contributed by atoms with Gasteiger partial charge in [0.2, 0.25) is 15.9 Å². The van der Waals surface area contributed by atoms with E-state index >= 15 is 0 Å². The van der Waals surface area contributed by atoms with Crippen LogP contribution in [0, 0.1) is 19.8 Å². The lowest BCUT2D eigenvalue weighted by atomic mass is 9.96. The molecule has 4 aromatic rings. The molecule has 0 bridgehead atoms. The van der Waals surface area contributed by atoms with Gasteiger partial charge in [0.05, 0.1) is 27.9 Å². The number of aryl methyl sites for hydroxylation is 2. The van der Waals surface area contributed by atoms with E-state index in [0.29, 0.717) is 28.8 Å². The molecule has 7 nitrogen and oxygen atoms in total. The lowest BCUT2D eigenvalue weighted by Gasteiger charge is -2.32. The Morgan fingerprint density at radius 1 is 1.17 bits per heavy atom. The van der Waals surface area contributed by atoms with Crippen molar-refractivity contribution >= 4 is 54.2 Å². The zero-order valence-electron chi connectivity index (χ0n) is 20.0. The molecule has 0 saturated carbocycles. The van der Waals surface area contributed by atoms with E-state index in [1.165, 1.54) is 27.8 Å². The Balaban J connectivity index is 1.37. The van der Waals surface area contributed by atoms with E-state index in [2.05, 4.69) is 6.07 Å². The molecular formula is C26H26ClN3O4S2. The average Bonchev–Trinajstić information content (AvgIpc) is 3.52. The van der Waals surface area contributed by atoms with Crippen molar-refractivity contribution in [1.29, 1.82) is 0 Å². The molecule has 1 aliphatic heterocycles. The van der Waals surface area contributed by atoms with Crippen LogP contribution in [0.15, 0.2) is 64.1 Å². The molecule has 0 radical (unpaired) electrons. The largest absolute Gasteiger partial charge is 0.467 e. The summed E-state index contributed by atoms with van der Waals surface area (Å²) in [5.41, 5.74) is 3.11. The number of carbonyl (C=O) groups is 1. The molecule has 0 atom stereocenters. The zero-order chi connectivity index (χ0) is 25.4.